The van der Waals surface area contributed by atoms with Crippen LogP contribution >= 0.6 is 15.9 Å². The summed E-state index contributed by atoms with van der Waals surface area (Å²) in [6.07, 6.45) is 1.83. The minimum atomic E-state index is -0.304. The van der Waals surface area contributed by atoms with Gasteiger partial charge < -0.3 is 10.5 Å². The zero-order valence-corrected chi connectivity index (χ0v) is 9.39. The summed E-state index contributed by atoms with van der Waals surface area (Å²) in [5.41, 5.74) is 5.33. The fraction of sp³-hybridized carbons (Fsp3) is 0.400. The van der Waals surface area contributed by atoms with Crippen LogP contribution in [-0.2, 0) is 0 Å². The van der Waals surface area contributed by atoms with Crippen LogP contribution in [0.3, 0.4) is 0 Å². The van der Waals surface area contributed by atoms with E-state index in [1.165, 1.54) is 6.07 Å². The van der Waals surface area contributed by atoms with Crippen LogP contribution < -0.4 is 10.5 Å². The lowest BCUT2D eigenvalue weighted by molar-refractivity contribution is 0.306. The van der Waals surface area contributed by atoms with E-state index in [1.807, 2.05) is 0 Å². The van der Waals surface area contributed by atoms with Crippen molar-refractivity contribution < 1.29 is 9.13 Å². The van der Waals surface area contributed by atoms with Crippen molar-refractivity contribution in [3.63, 3.8) is 0 Å². The first kappa shape index (κ1) is 11.5. The van der Waals surface area contributed by atoms with Gasteiger partial charge in [0.15, 0.2) is 0 Å². The Balaban J connectivity index is 2.39. The molecular formula is C10H13BrFNO. The number of unbranched alkanes of at least 4 members (excludes halogenated alkanes) is 1. The molecule has 0 aliphatic heterocycles. The van der Waals surface area contributed by atoms with Crippen LogP contribution in [0.2, 0.25) is 0 Å². The second kappa shape index (κ2) is 5.98. The Morgan fingerprint density at radius 1 is 1.36 bits per heavy atom. The molecule has 0 radical (unpaired) electrons. The molecule has 2 nitrogen and oxygen atoms in total. The van der Waals surface area contributed by atoms with Crippen molar-refractivity contribution in [2.24, 2.45) is 5.73 Å². The molecule has 0 unspecified atom stereocenters. The third-order valence-electron chi connectivity index (χ3n) is 1.76. The van der Waals surface area contributed by atoms with Gasteiger partial charge in [0.1, 0.15) is 11.6 Å². The Kier molecular flexibility index (Phi) is 4.90. The normalized spacial score (nSPS) is 10.2. The maximum absolute atomic E-state index is 13.0. The summed E-state index contributed by atoms with van der Waals surface area (Å²) in [4.78, 5) is 0. The Morgan fingerprint density at radius 2 is 2.14 bits per heavy atom. The van der Waals surface area contributed by atoms with E-state index in [0.29, 0.717) is 23.4 Å². The molecule has 0 spiro atoms. The topological polar surface area (TPSA) is 35.2 Å². The lowest BCUT2D eigenvalue weighted by atomic mass is 10.3. The molecule has 0 heterocycles. The van der Waals surface area contributed by atoms with Gasteiger partial charge in [-0.25, -0.2) is 4.39 Å². The van der Waals surface area contributed by atoms with Gasteiger partial charge >= 0.3 is 0 Å². The van der Waals surface area contributed by atoms with Gasteiger partial charge in [0.2, 0.25) is 0 Å². The molecule has 0 amide bonds. The molecule has 0 aromatic heterocycles. The van der Waals surface area contributed by atoms with Crippen molar-refractivity contribution in [2.45, 2.75) is 12.8 Å². The standard InChI is InChI=1S/C10H13BrFNO/c11-9-4-3-8(7-10(9)12)14-6-2-1-5-13/h3-4,7H,1-2,5-6,13H2. The summed E-state index contributed by atoms with van der Waals surface area (Å²) >= 11 is 3.08. The molecule has 0 saturated heterocycles. The highest BCUT2D eigenvalue weighted by atomic mass is 79.9. The molecule has 1 aromatic carbocycles. The van der Waals surface area contributed by atoms with E-state index < -0.39 is 0 Å². The quantitative estimate of drug-likeness (QED) is 0.828. The average Bonchev–Trinajstić information content (AvgIpc) is 2.18. The maximum atomic E-state index is 13.0. The van der Waals surface area contributed by atoms with Crippen LogP contribution in [0.4, 0.5) is 4.39 Å². The number of ether oxygens (including phenoxy) is 1. The van der Waals surface area contributed by atoms with Crippen LogP contribution in [0.25, 0.3) is 0 Å². The lowest BCUT2D eigenvalue weighted by Crippen LogP contribution is -2.03. The molecule has 0 atom stereocenters. The summed E-state index contributed by atoms with van der Waals surface area (Å²) in [6.45, 7) is 1.25. The van der Waals surface area contributed by atoms with Gasteiger partial charge in [0.05, 0.1) is 11.1 Å². The average molecular weight is 262 g/mol. The van der Waals surface area contributed by atoms with Gasteiger partial charge in [-0.15, -0.1) is 0 Å². The molecule has 0 fully saturated rings. The van der Waals surface area contributed by atoms with Crippen molar-refractivity contribution in [3.05, 3.63) is 28.5 Å². The van der Waals surface area contributed by atoms with Gasteiger partial charge in [0.25, 0.3) is 0 Å². The summed E-state index contributed by atoms with van der Waals surface area (Å²) < 4.78 is 18.8. The lowest BCUT2D eigenvalue weighted by Gasteiger charge is -2.05. The molecular weight excluding hydrogens is 249 g/mol. The Labute approximate surface area is 91.4 Å². The highest BCUT2D eigenvalue weighted by molar-refractivity contribution is 9.10. The van der Waals surface area contributed by atoms with E-state index in [0.717, 1.165) is 12.8 Å². The van der Waals surface area contributed by atoms with Crippen LogP contribution in [0.5, 0.6) is 5.75 Å². The van der Waals surface area contributed by atoms with Crippen molar-refractivity contribution in [2.75, 3.05) is 13.2 Å². The molecule has 0 bridgehead atoms. The second-order valence-electron chi connectivity index (χ2n) is 2.92. The zero-order chi connectivity index (χ0) is 10.4. The Morgan fingerprint density at radius 3 is 2.79 bits per heavy atom. The summed E-state index contributed by atoms with van der Waals surface area (Å²) in [7, 11) is 0. The minimum Gasteiger partial charge on any atom is -0.493 e. The smallest absolute Gasteiger partial charge is 0.141 e. The van der Waals surface area contributed by atoms with E-state index >= 15 is 0 Å². The molecule has 1 aromatic rings. The Hall–Kier alpha value is -0.610. The van der Waals surface area contributed by atoms with E-state index in [4.69, 9.17) is 10.5 Å². The summed E-state index contributed by atoms with van der Waals surface area (Å²) in [5, 5.41) is 0. The first-order chi connectivity index (χ1) is 6.74. The number of nitrogens with two attached hydrogens (primary N) is 1. The minimum absolute atomic E-state index is 0.304. The molecule has 0 aliphatic carbocycles. The third-order valence-corrected chi connectivity index (χ3v) is 2.40. The van der Waals surface area contributed by atoms with Crippen molar-refractivity contribution in [1.82, 2.24) is 0 Å². The number of hydrogen-bond acceptors (Lipinski definition) is 2. The SMILES string of the molecule is NCCCCOc1ccc(Br)c(F)c1. The molecule has 14 heavy (non-hydrogen) atoms. The fourth-order valence-electron chi connectivity index (χ4n) is 1.00. The van der Waals surface area contributed by atoms with Gasteiger partial charge in [0, 0.05) is 6.07 Å². The number of hydrogen-bond donors (Lipinski definition) is 1. The van der Waals surface area contributed by atoms with Gasteiger partial charge in [-0.2, -0.15) is 0 Å². The molecule has 78 valence electrons. The second-order valence-corrected chi connectivity index (χ2v) is 3.77. The number of rotatable bonds is 5. The molecule has 1 rings (SSSR count). The van der Waals surface area contributed by atoms with Crippen LogP contribution in [0.1, 0.15) is 12.8 Å². The van der Waals surface area contributed by atoms with Crippen molar-refractivity contribution in [3.8, 4) is 5.75 Å². The third kappa shape index (κ3) is 3.64. The van der Waals surface area contributed by atoms with Gasteiger partial charge in [-0.3, -0.25) is 0 Å². The Bertz CT molecular complexity index is 293. The van der Waals surface area contributed by atoms with Crippen molar-refractivity contribution >= 4 is 15.9 Å². The molecule has 0 saturated carbocycles. The van der Waals surface area contributed by atoms with Crippen molar-refractivity contribution in [1.29, 1.82) is 0 Å². The number of benzene rings is 1. The molecule has 2 N–H and O–H groups in total. The summed E-state index contributed by atoms with van der Waals surface area (Å²) in [5.74, 6) is 0.254. The van der Waals surface area contributed by atoms with Crippen LogP contribution in [0.15, 0.2) is 22.7 Å². The van der Waals surface area contributed by atoms with Crippen LogP contribution in [0, 0.1) is 5.82 Å². The van der Waals surface area contributed by atoms with E-state index in [2.05, 4.69) is 15.9 Å². The van der Waals surface area contributed by atoms with Gasteiger partial charge in [-0.1, -0.05) is 0 Å². The largest absolute Gasteiger partial charge is 0.493 e. The first-order valence-electron chi connectivity index (χ1n) is 4.52. The van der Waals surface area contributed by atoms with E-state index in [9.17, 15) is 4.39 Å². The van der Waals surface area contributed by atoms with Gasteiger partial charge in [-0.05, 0) is 47.4 Å². The summed E-state index contributed by atoms with van der Waals surface area (Å²) in [6, 6.07) is 4.73. The highest BCUT2D eigenvalue weighted by Crippen LogP contribution is 2.20. The predicted molar refractivity (Wildman–Crippen MR) is 57.9 cm³/mol. The monoisotopic (exact) mass is 261 g/mol. The number of halogens is 2. The zero-order valence-electron chi connectivity index (χ0n) is 7.80. The highest BCUT2D eigenvalue weighted by Gasteiger charge is 2.00. The molecule has 4 heteroatoms. The first-order valence-corrected chi connectivity index (χ1v) is 5.31. The fourth-order valence-corrected chi connectivity index (χ4v) is 1.25. The predicted octanol–water partition coefficient (Wildman–Crippen LogP) is 2.71. The molecule has 0 aliphatic rings. The van der Waals surface area contributed by atoms with E-state index in [1.54, 1.807) is 12.1 Å². The maximum Gasteiger partial charge on any atom is 0.141 e. The van der Waals surface area contributed by atoms with Crippen LogP contribution in [-0.4, -0.2) is 13.2 Å². The van der Waals surface area contributed by atoms with E-state index in [-0.39, 0.29) is 5.82 Å².